The highest BCUT2D eigenvalue weighted by atomic mass is 15.3. The van der Waals surface area contributed by atoms with Crippen molar-refractivity contribution in [3.8, 4) is 0 Å². The average Bonchev–Trinajstić information content (AvgIpc) is 2.47. The van der Waals surface area contributed by atoms with E-state index >= 15 is 0 Å². The van der Waals surface area contributed by atoms with Gasteiger partial charge in [0.05, 0.1) is 0 Å². The van der Waals surface area contributed by atoms with Crippen LogP contribution in [-0.2, 0) is 6.54 Å². The molecular weight excluding hydrogens is 248 g/mol. The van der Waals surface area contributed by atoms with Gasteiger partial charge < -0.3 is 15.1 Å². The van der Waals surface area contributed by atoms with Gasteiger partial charge in [0, 0.05) is 65.1 Å². The van der Waals surface area contributed by atoms with Crippen LogP contribution in [0.4, 0.5) is 5.69 Å². The van der Waals surface area contributed by atoms with Gasteiger partial charge in [0.25, 0.3) is 0 Å². The highest BCUT2D eigenvalue weighted by molar-refractivity contribution is 5.51. The van der Waals surface area contributed by atoms with Crippen molar-refractivity contribution in [3.63, 3.8) is 0 Å². The van der Waals surface area contributed by atoms with Crippen LogP contribution < -0.4 is 10.2 Å². The van der Waals surface area contributed by atoms with Crippen LogP contribution in [0.2, 0.25) is 0 Å². The Hall–Kier alpha value is -1.10. The van der Waals surface area contributed by atoms with E-state index in [2.05, 4.69) is 59.4 Å². The maximum atomic E-state index is 3.59. The van der Waals surface area contributed by atoms with E-state index in [1.807, 2.05) is 0 Å². The first-order valence-electron chi connectivity index (χ1n) is 7.58. The maximum absolute atomic E-state index is 3.59. The second-order valence-electron chi connectivity index (χ2n) is 6.26. The quantitative estimate of drug-likeness (QED) is 0.873. The average molecular weight is 274 g/mol. The fourth-order valence-corrected chi connectivity index (χ4v) is 3.26. The SMILES string of the molecule is CN1CCN([C@@H]2CNCc3cc(N(C)C)ccc32)CC1. The van der Waals surface area contributed by atoms with Crippen molar-refractivity contribution in [1.29, 1.82) is 0 Å². The predicted molar refractivity (Wildman–Crippen MR) is 84.3 cm³/mol. The molecule has 0 unspecified atom stereocenters. The summed E-state index contributed by atoms with van der Waals surface area (Å²) >= 11 is 0. The smallest absolute Gasteiger partial charge is 0.0477 e. The number of anilines is 1. The van der Waals surface area contributed by atoms with Crippen LogP contribution in [0.25, 0.3) is 0 Å². The third kappa shape index (κ3) is 2.68. The fraction of sp³-hybridized carbons (Fsp3) is 0.625. The molecular formula is C16H26N4. The van der Waals surface area contributed by atoms with E-state index < -0.39 is 0 Å². The van der Waals surface area contributed by atoms with Crippen molar-refractivity contribution in [2.75, 3.05) is 58.8 Å². The number of benzene rings is 1. The number of nitrogens with zero attached hydrogens (tertiary/aromatic N) is 3. The normalized spacial score (nSPS) is 24.4. The van der Waals surface area contributed by atoms with Crippen molar-refractivity contribution in [2.24, 2.45) is 0 Å². The lowest BCUT2D eigenvalue weighted by molar-refractivity contribution is 0.106. The number of fused-ring (bicyclic) bond motifs is 1. The molecule has 0 saturated carbocycles. The first-order valence-corrected chi connectivity index (χ1v) is 7.58. The Bertz CT molecular complexity index is 464. The molecule has 4 nitrogen and oxygen atoms in total. The summed E-state index contributed by atoms with van der Waals surface area (Å²) in [4.78, 5) is 7.24. The van der Waals surface area contributed by atoms with Gasteiger partial charge in [-0.2, -0.15) is 0 Å². The molecule has 2 aliphatic heterocycles. The fourth-order valence-electron chi connectivity index (χ4n) is 3.26. The van der Waals surface area contributed by atoms with E-state index in [0.717, 1.165) is 13.1 Å². The molecule has 110 valence electrons. The van der Waals surface area contributed by atoms with Crippen LogP contribution in [0.1, 0.15) is 17.2 Å². The Balaban J connectivity index is 1.83. The molecule has 1 aromatic rings. The molecule has 2 aliphatic rings. The van der Waals surface area contributed by atoms with E-state index in [9.17, 15) is 0 Å². The maximum Gasteiger partial charge on any atom is 0.0477 e. The third-order valence-electron chi connectivity index (χ3n) is 4.63. The zero-order chi connectivity index (χ0) is 14.1. The number of rotatable bonds is 2. The van der Waals surface area contributed by atoms with Gasteiger partial charge in [-0.15, -0.1) is 0 Å². The minimum atomic E-state index is 0.545. The van der Waals surface area contributed by atoms with Crippen molar-refractivity contribution >= 4 is 5.69 Å². The van der Waals surface area contributed by atoms with Crippen LogP contribution >= 0.6 is 0 Å². The van der Waals surface area contributed by atoms with Gasteiger partial charge in [0.1, 0.15) is 0 Å². The molecule has 0 aliphatic carbocycles. The summed E-state index contributed by atoms with van der Waals surface area (Å²) < 4.78 is 0. The zero-order valence-electron chi connectivity index (χ0n) is 12.9. The summed E-state index contributed by atoms with van der Waals surface area (Å²) in [6.45, 7) is 6.80. The lowest BCUT2D eigenvalue weighted by Gasteiger charge is -2.41. The number of hydrogen-bond acceptors (Lipinski definition) is 4. The van der Waals surface area contributed by atoms with Crippen LogP contribution in [0.15, 0.2) is 18.2 Å². The molecule has 0 radical (unpaired) electrons. The molecule has 0 amide bonds. The van der Waals surface area contributed by atoms with E-state index in [-0.39, 0.29) is 0 Å². The minimum absolute atomic E-state index is 0.545. The van der Waals surface area contributed by atoms with Crippen molar-refractivity contribution in [3.05, 3.63) is 29.3 Å². The van der Waals surface area contributed by atoms with Crippen molar-refractivity contribution in [1.82, 2.24) is 15.1 Å². The Kier molecular flexibility index (Phi) is 3.96. The molecule has 1 N–H and O–H groups in total. The summed E-state index contributed by atoms with van der Waals surface area (Å²) in [5.74, 6) is 0. The van der Waals surface area contributed by atoms with Gasteiger partial charge in [0.15, 0.2) is 0 Å². The largest absolute Gasteiger partial charge is 0.378 e. The molecule has 1 fully saturated rings. The Morgan fingerprint density at radius 3 is 2.60 bits per heavy atom. The third-order valence-corrected chi connectivity index (χ3v) is 4.63. The molecule has 1 aromatic carbocycles. The first kappa shape index (κ1) is 13.9. The van der Waals surface area contributed by atoms with E-state index in [1.54, 1.807) is 0 Å². The van der Waals surface area contributed by atoms with Crippen LogP contribution in [-0.4, -0.2) is 63.7 Å². The van der Waals surface area contributed by atoms with Gasteiger partial charge in [-0.05, 0) is 30.3 Å². The molecule has 4 heteroatoms. The summed E-state index contributed by atoms with van der Waals surface area (Å²) in [5.41, 5.74) is 4.29. The second-order valence-corrected chi connectivity index (χ2v) is 6.26. The molecule has 1 saturated heterocycles. The topological polar surface area (TPSA) is 21.8 Å². The second kappa shape index (κ2) is 5.72. The van der Waals surface area contributed by atoms with E-state index in [4.69, 9.17) is 0 Å². The lowest BCUT2D eigenvalue weighted by atomic mass is 9.94. The Morgan fingerprint density at radius 1 is 1.15 bits per heavy atom. The first-order chi connectivity index (χ1) is 9.65. The standard InChI is InChI=1S/C16H26N4/c1-18(2)14-4-5-15-13(10-14)11-17-12-16(15)20-8-6-19(3)7-9-20/h4-5,10,16-17H,6-9,11-12H2,1-3H3/t16-/m1/s1. The number of piperazine rings is 1. The van der Waals surface area contributed by atoms with Crippen molar-refractivity contribution < 1.29 is 0 Å². The minimum Gasteiger partial charge on any atom is -0.378 e. The van der Waals surface area contributed by atoms with E-state index in [1.165, 1.54) is 43.0 Å². The van der Waals surface area contributed by atoms with Crippen LogP contribution in [0.3, 0.4) is 0 Å². The summed E-state index contributed by atoms with van der Waals surface area (Å²) in [6.07, 6.45) is 0. The molecule has 3 rings (SSSR count). The molecule has 1 atom stereocenters. The highest BCUT2D eigenvalue weighted by Gasteiger charge is 2.27. The summed E-state index contributed by atoms with van der Waals surface area (Å²) in [7, 11) is 6.43. The highest BCUT2D eigenvalue weighted by Crippen LogP contribution is 2.30. The Morgan fingerprint density at radius 2 is 1.90 bits per heavy atom. The van der Waals surface area contributed by atoms with Gasteiger partial charge in [-0.25, -0.2) is 0 Å². The van der Waals surface area contributed by atoms with Crippen molar-refractivity contribution in [2.45, 2.75) is 12.6 Å². The van der Waals surface area contributed by atoms with Gasteiger partial charge in [0.2, 0.25) is 0 Å². The lowest BCUT2D eigenvalue weighted by Crippen LogP contribution is -2.49. The van der Waals surface area contributed by atoms with Gasteiger partial charge in [-0.3, -0.25) is 4.90 Å². The summed E-state index contributed by atoms with van der Waals surface area (Å²) in [5, 5.41) is 3.59. The van der Waals surface area contributed by atoms with Gasteiger partial charge in [-0.1, -0.05) is 6.07 Å². The summed E-state index contributed by atoms with van der Waals surface area (Å²) in [6, 6.07) is 7.48. The monoisotopic (exact) mass is 274 g/mol. The molecule has 0 spiro atoms. The molecule has 0 aromatic heterocycles. The zero-order valence-corrected chi connectivity index (χ0v) is 12.9. The van der Waals surface area contributed by atoms with Gasteiger partial charge >= 0.3 is 0 Å². The number of nitrogens with one attached hydrogen (secondary N) is 1. The molecule has 2 heterocycles. The predicted octanol–water partition coefficient (Wildman–Crippen LogP) is 1.14. The Labute approximate surface area is 122 Å². The molecule has 0 bridgehead atoms. The van der Waals surface area contributed by atoms with Crippen LogP contribution in [0, 0.1) is 0 Å². The number of likely N-dealkylation sites (N-methyl/N-ethyl adjacent to an activating group) is 1. The number of hydrogen-bond donors (Lipinski definition) is 1. The molecule has 20 heavy (non-hydrogen) atoms. The van der Waals surface area contributed by atoms with E-state index in [0.29, 0.717) is 6.04 Å². The van der Waals surface area contributed by atoms with Crippen LogP contribution in [0.5, 0.6) is 0 Å².